The zero-order chi connectivity index (χ0) is 21.7. The maximum Gasteiger partial charge on any atom is 0.331 e. The molecule has 0 aliphatic rings. The number of anilines is 1. The van der Waals surface area contributed by atoms with Crippen LogP contribution in [0.2, 0.25) is 0 Å². The maximum absolute atomic E-state index is 13.8. The van der Waals surface area contributed by atoms with Gasteiger partial charge in [0.25, 0.3) is 5.91 Å². The first-order valence-electron chi connectivity index (χ1n) is 8.83. The second-order valence-electron chi connectivity index (χ2n) is 6.21. The number of amides is 1. The lowest BCUT2D eigenvalue weighted by Crippen LogP contribution is -2.29. The Morgan fingerprint density at radius 1 is 1.03 bits per heavy atom. The number of hydrogen-bond acceptors (Lipinski definition) is 4. The second kappa shape index (κ2) is 9.13. The number of halogens is 3. The fourth-order valence-electron chi connectivity index (χ4n) is 2.49. The molecular weight excluding hydrogens is 399 g/mol. The van der Waals surface area contributed by atoms with E-state index in [1.807, 2.05) is 0 Å². The molecule has 0 bridgehead atoms. The van der Waals surface area contributed by atoms with Crippen molar-refractivity contribution in [2.75, 3.05) is 5.32 Å². The third-order valence-corrected chi connectivity index (χ3v) is 4.00. The minimum Gasteiger partial charge on any atom is -0.457 e. The van der Waals surface area contributed by atoms with Crippen LogP contribution in [0, 0.1) is 17.5 Å². The number of ether oxygens (including phenoxy) is 1. The molecule has 0 aliphatic heterocycles. The highest BCUT2D eigenvalue weighted by atomic mass is 19.1. The first-order chi connectivity index (χ1) is 14.3. The fourth-order valence-corrected chi connectivity index (χ4v) is 2.49. The molecule has 0 fully saturated rings. The Morgan fingerprint density at radius 2 is 1.80 bits per heavy atom. The van der Waals surface area contributed by atoms with Crippen molar-refractivity contribution < 1.29 is 31.9 Å². The lowest BCUT2D eigenvalue weighted by Gasteiger charge is -2.12. The smallest absolute Gasteiger partial charge is 0.331 e. The fraction of sp³-hybridized carbons (Fsp3) is 0.0909. The first-order valence-corrected chi connectivity index (χ1v) is 8.83. The third-order valence-electron chi connectivity index (χ3n) is 4.00. The lowest BCUT2D eigenvalue weighted by molar-refractivity contribution is -0.148. The van der Waals surface area contributed by atoms with Crippen LogP contribution in [0.1, 0.15) is 12.7 Å². The summed E-state index contributed by atoms with van der Waals surface area (Å²) in [6.45, 7) is 1.30. The van der Waals surface area contributed by atoms with Crippen LogP contribution >= 0.6 is 0 Å². The molecule has 2 aromatic carbocycles. The molecule has 1 aromatic heterocycles. The highest BCUT2D eigenvalue weighted by Crippen LogP contribution is 2.25. The van der Waals surface area contributed by atoms with Gasteiger partial charge in [0.05, 0.1) is 11.3 Å². The van der Waals surface area contributed by atoms with Crippen LogP contribution in [-0.2, 0) is 14.3 Å². The van der Waals surface area contributed by atoms with Crippen molar-refractivity contribution in [2.45, 2.75) is 13.0 Å². The minimum atomic E-state index is -1.24. The third kappa shape index (κ3) is 5.16. The molecule has 0 saturated heterocycles. The number of nitrogens with one attached hydrogen (secondary N) is 1. The molecule has 5 nitrogen and oxygen atoms in total. The molecule has 30 heavy (non-hydrogen) atoms. The summed E-state index contributed by atoms with van der Waals surface area (Å²) in [5.74, 6) is -3.26. The minimum absolute atomic E-state index is 0.240. The predicted octanol–water partition coefficient (Wildman–Crippen LogP) is 4.95. The van der Waals surface area contributed by atoms with E-state index in [1.165, 1.54) is 19.1 Å². The molecule has 1 amide bonds. The quantitative estimate of drug-likeness (QED) is 0.457. The Hall–Kier alpha value is -3.81. The van der Waals surface area contributed by atoms with E-state index in [0.717, 1.165) is 18.2 Å². The normalized spacial score (nSPS) is 12.0. The van der Waals surface area contributed by atoms with Gasteiger partial charge in [-0.2, -0.15) is 0 Å². The summed E-state index contributed by atoms with van der Waals surface area (Å²) in [7, 11) is 0. The van der Waals surface area contributed by atoms with Gasteiger partial charge in [-0.3, -0.25) is 4.79 Å². The van der Waals surface area contributed by atoms with Crippen LogP contribution in [0.4, 0.5) is 18.9 Å². The molecule has 8 heteroatoms. The van der Waals surface area contributed by atoms with Crippen LogP contribution in [0.3, 0.4) is 0 Å². The van der Waals surface area contributed by atoms with E-state index in [1.54, 1.807) is 30.3 Å². The summed E-state index contributed by atoms with van der Waals surface area (Å²) in [6.07, 6.45) is 1.10. The molecule has 0 unspecified atom stereocenters. The van der Waals surface area contributed by atoms with Crippen LogP contribution in [0.15, 0.2) is 65.1 Å². The molecule has 1 heterocycles. The highest BCUT2D eigenvalue weighted by molar-refractivity contribution is 5.96. The van der Waals surface area contributed by atoms with Gasteiger partial charge in [-0.1, -0.05) is 12.1 Å². The number of hydrogen-bond donors (Lipinski definition) is 1. The van der Waals surface area contributed by atoms with Gasteiger partial charge in [-0.25, -0.2) is 18.0 Å². The Kier molecular flexibility index (Phi) is 6.36. The van der Waals surface area contributed by atoms with Gasteiger partial charge in [-0.05, 0) is 49.4 Å². The van der Waals surface area contributed by atoms with E-state index in [2.05, 4.69) is 5.32 Å². The highest BCUT2D eigenvalue weighted by Gasteiger charge is 2.18. The van der Waals surface area contributed by atoms with Gasteiger partial charge in [0, 0.05) is 12.1 Å². The summed E-state index contributed by atoms with van der Waals surface area (Å²) in [5, 5.41) is 2.21. The van der Waals surface area contributed by atoms with E-state index >= 15 is 0 Å². The largest absolute Gasteiger partial charge is 0.457 e. The summed E-state index contributed by atoms with van der Waals surface area (Å²) in [4.78, 5) is 23.9. The van der Waals surface area contributed by atoms with Crippen molar-refractivity contribution in [1.29, 1.82) is 0 Å². The summed E-state index contributed by atoms with van der Waals surface area (Å²) in [6, 6.07) is 11.8. The number of benzene rings is 2. The van der Waals surface area contributed by atoms with Crippen molar-refractivity contribution >= 4 is 23.6 Å². The van der Waals surface area contributed by atoms with Crippen molar-refractivity contribution in [2.24, 2.45) is 0 Å². The first kappa shape index (κ1) is 20.9. The number of furan rings is 1. The molecule has 0 aliphatic carbocycles. The average Bonchev–Trinajstić information content (AvgIpc) is 3.17. The monoisotopic (exact) mass is 415 g/mol. The Balaban J connectivity index is 1.58. The van der Waals surface area contributed by atoms with Crippen LogP contribution in [-0.4, -0.2) is 18.0 Å². The van der Waals surface area contributed by atoms with Crippen molar-refractivity contribution in [3.8, 4) is 11.3 Å². The van der Waals surface area contributed by atoms with Gasteiger partial charge >= 0.3 is 5.97 Å². The van der Waals surface area contributed by atoms with Gasteiger partial charge in [0.15, 0.2) is 6.10 Å². The predicted molar refractivity (Wildman–Crippen MR) is 104 cm³/mol. The second-order valence-corrected chi connectivity index (χ2v) is 6.21. The maximum atomic E-state index is 13.8. The van der Waals surface area contributed by atoms with Crippen molar-refractivity contribution in [3.05, 3.63) is 83.9 Å². The lowest BCUT2D eigenvalue weighted by atomic mass is 10.1. The van der Waals surface area contributed by atoms with E-state index < -0.39 is 35.4 Å². The molecule has 0 radical (unpaired) electrons. The Labute approximate surface area is 169 Å². The SMILES string of the molecule is C[C@@H](OC(=O)/C=C/c1ccc(-c2ccccc2F)o1)C(=O)Nc1ccc(F)cc1F. The summed E-state index contributed by atoms with van der Waals surface area (Å²) in [5.41, 5.74) is 0.0362. The molecule has 0 saturated carbocycles. The van der Waals surface area contributed by atoms with Gasteiger partial charge < -0.3 is 14.5 Å². The van der Waals surface area contributed by atoms with Gasteiger partial charge in [0.2, 0.25) is 0 Å². The van der Waals surface area contributed by atoms with Crippen molar-refractivity contribution in [1.82, 2.24) is 0 Å². The zero-order valence-electron chi connectivity index (χ0n) is 15.7. The molecule has 3 rings (SSSR count). The molecule has 1 N–H and O–H groups in total. The molecular formula is C22H16F3NO4. The van der Waals surface area contributed by atoms with Crippen LogP contribution in [0.5, 0.6) is 0 Å². The van der Waals surface area contributed by atoms with E-state index in [9.17, 15) is 22.8 Å². The standard InChI is InChI=1S/C22H16F3NO4/c1-13(22(28)26-19-9-6-14(23)12-18(19)25)29-21(27)11-8-15-7-10-20(30-15)16-4-2-3-5-17(16)24/h2-13H,1H3,(H,26,28)/b11-8+/t13-/m1/s1. The van der Waals surface area contributed by atoms with Gasteiger partial charge in [0.1, 0.15) is 29.0 Å². The molecule has 154 valence electrons. The van der Waals surface area contributed by atoms with Gasteiger partial charge in [-0.15, -0.1) is 0 Å². The number of rotatable bonds is 6. The summed E-state index contributed by atoms with van der Waals surface area (Å²) >= 11 is 0. The van der Waals surface area contributed by atoms with E-state index in [-0.39, 0.29) is 22.8 Å². The Bertz CT molecular complexity index is 1110. The average molecular weight is 415 g/mol. The summed E-state index contributed by atoms with van der Waals surface area (Å²) < 4.78 is 50.7. The van der Waals surface area contributed by atoms with E-state index in [4.69, 9.17) is 9.15 Å². The van der Waals surface area contributed by atoms with E-state index in [0.29, 0.717) is 6.07 Å². The molecule has 0 spiro atoms. The zero-order valence-corrected chi connectivity index (χ0v) is 15.7. The topological polar surface area (TPSA) is 68.5 Å². The number of carbonyl (C=O) groups excluding carboxylic acids is 2. The van der Waals surface area contributed by atoms with Crippen molar-refractivity contribution in [3.63, 3.8) is 0 Å². The van der Waals surface area contributed by atoms with Crippen LogP contribution < -0.4 is 5.32 Å². The Morgan fingerprint density at radius 3 is 2.53 bits per heavy atom. The molecule has 1 atom stereocenters. The van der Waals surface area contributed by atoms with Crippen LogP contribution in [0.25, 0.3) is 17.4 Å². The number of carbonyl (C=O) groups is 2. The molecule has 3 aromatic rings. The number of esters is 1.